The first-order chi connectivity index (χ1) is 12.5. The fraction of sp³-hybridized carbons (Fsp3) is 0.700. The Morgan fingerprint density at radius 1 is 1.19 bits per heavy atom. The van der Waals surface area contributed by atoms with Crippen LogP contribution in [-0.4, -0.2) is 51.0 Å². The molecule has 0 bridgehead atoms. The molecule has 0 saturated heterocycles. The molecule has 1 rings (SSSR count). The van der Waals surface area contributed by atoms with Gasteiger partial charge in [0.25, 0.3) is 0 Å². The largest absolute Gasteiger partial charge is 0.481 e. The van der Waals surface area contributed by atoms with E-state index in [-0.39, 0.29) is 37.1 Å². The Bertz CT molecular complexity index is 485. The highest BCUT2D eigenvalue weighted by Crippen LogP contribution is 2.33. The molecule has 0 aromatic rings. The highest BCUT2D eigenvalue weighted by molar-refractivity contribution is 5.84. The van der Waals surface area contributed by atoms with Gasteiger partial charge in [0.1, 0.15) is 5.78 Å². The maximum atomic E-state index is 12.1. The van der Waals surface area contributed by atoms with E-state index in [1.807, 2.05) is 12.2 Å². The standard InChI is InChI=1S/C20H32O6/c21-13-7-3-4-8-15(22)11-12-17-16(18(23)14-19(17)24)9-5-1-2-6-10-20(25)26/h1,5,11-12,15-17,19,21-22,24H,2-4,6-10,13-14H2,(H,25,26)/b5-1-,12-11+/t15-,16-,17+,19-/m0/s1. The Morgan fingerprint density at radius 3 is 2.65 bits per heavy atom. The number of carbonyl (C=O) groups excluding carboxylic acids is 1. The van der Waals surface area contributed by atoms with E-state index in [1.54, 1.807) is 12.2 Å². The van der Waals surface area contributed by atoms with Crippen molar-refractivity contribution in [3.63, 3.8) is 0 Å². The third-order valence-corrected chi connectivity index (χ3v) is 4.76. The molecule has 6 nitrogen and oxygen atoms in total. The summed E-state index contributed by atoms with van der Waals surface area (Å²) in [5.41, 5.74) is 0. The topological polar surface area (TPSA) is 115 Å². The van der Waals surface area contributed by atoms with Gasteiger partial charge in [-0.2, -0.15) is 0 Å². The van der Waals surface area contributed by atoms with Gasteiger partial charge >= 0.3 is 5.97 Å². The SMILES string of the molecule is O=C(O)CCC/C=C\C[C@@H]1C(=O)C[C@H](O)[C@@H]1/C=C/[C@@H](O)CCCCCO. The number of hydrogen-bond acceptors (Lipinski definition) is 5. The normalized spacial score (nSPS) is 24.7. The number of allylic oxidation sites excluding steroid dienone is 2. The first kappa shape index (κ1) is 22.5. The fourth-order valence-electron chi connectivity index (χ4n) is 3.25. The number of carboxylic acid groups (broad SMARTS) is 1. The van der Waals surface area contributed by atoms with E-state index in [2.05, 4.69) is 0 Å². The molecule has 1 aliphatic carbocycles. The summed E-state index contributed by atoms with van der Waals surface area (Å²) >= 11 is 0. The zero-order valence-electron chi connectivity index (χ0n) is 15.3. The molecule has 0 aliphatic heterocycles. The summed E-state index contributed by atoms with van der Waals surface area (Å²) in [6.45, 7) is 0.161. The molecule has 0 spiro atoms. The summed E-state index contributed by atoms with van der Waals surface area (Å²) < 4.78 is 0. The Hall–Kier alpha value is -1.50. The second kappa shape index (κ2) is 12.8. The van der Waals surface area contributed by atoms with E-state index < -0.39 is 18.2 Å². The summed E-state index contributed by atoms with van der Waals surface area (Å²) in [4.78, 5) is 22.6. The van der Waals surface area contributed by atoms with Crippen molar-refractivity contribution in [2.45, 2.75) is 70.0 Å². The van der Waals surface area contributed by atoms with E-state index in [1.165, 1.54) is 0 Å². The van der Waals surface area contributed by atoms with Crippen LogP contribution in [0.15, 0.2) is 24.3 Å². The van der Waals surface area contributed by atoms with Crippen LogP contribution in [0, 0.1) is 11.8 Å². The van der Waals surface area contributed by atoms with Gasteiger partial charge < -0.3 is 20.4 Å². The highest BCUT2D eigenvalue weighted by Gasteiger charge is 2.39. The Morgan fingerprint density at radius 2 is 1.96 bits per heavy atom. The molecule has 4 N–H and O–H groups in total. The predicted octanol–water partition coefficient (Wildman–Crippen LogP) is 2.22. The van der Waals surface area contributed by atoms with Crippen molar-refractivity contribution in [2.24, 2.45) is 11.8 Å². The number of carboxylic acids is 1. The van der Waals surface area contributed by atoms with Crippen molar-refractivity contribution >= 4 is 11.8 Å². The first-order valence-electron chi connectivity index (χ1n) is 9.50. The molecular formula is C20H32O6. The van der Waals surface area contributed by atoms with Crippen LogP contribution in [0.5, 0.6) is 0 Å². The molecule has 1 fully saturated rings. The van der Waals surface area contributed by atoms with Crippen LogP contribution in [0.25, 0.3) is 0 Å². The lowest BCUT2D eigenvalue weighted by Crippen LogP contribution is -2.18. The van der Waals surface area contributed by atoms with E-state index in [0.717, 1.165) is 19.3 Å². The van der Waals surface area contributed by atoms with Gasteiger partial charge in [0, 0.05) is 31.3 Å². The number of Topliss-reactive ketones (excluding diaryl/α,β-unsaturated/α-hetero) is 1. The lowest BCUT2D eigenvalue weighted by molar-refractivity contribution is -0.137. The van der Waals surface area contributed by atoms with Gasteiger partial charge in [-0.25, -0.2) is 0 Å². The zero-order valence-corrected chi connectivity index (χ0v) is 15.3. The average Bonchev–Trinajstić information content (AvgIpc) is 2.85. The Kier molecular flexibility index (Phi) is 11.1. The summed E-state index contributed by atoms with van der Waals surface area (Å²) in [6, 6.07) is 0. The van der Waals surface area contributed by atoms with Gasteiger partial charge in [0.15, 0.2) is 0 Å². The highest BCUT2D eigenvalue weighted by atomic mass is 16.4. The first-order valence-corrected chi connectivity index (χ1v) is 9.50. The molecule has 1 aliphatic rings. The van der Waals surface area contributed by atoms with Gasteiger partial charge in [-0.3, -0.25) is 9.59 Å². The second-order valence-corrected chi connectivity index (χ2v) is 6.94. The minimum atomic E-state index is -0.812. The van der Waals surface area contributed by atoms with Gasteiger partial charge in [-0.15, -0.1) is 0 Å². The van der Waals surface area contributed by atoms with Crippen LogP contribution >= 0.6 is 0 Å². The molecule has 26 heavy (non-hydrogen) atoms. The van der Waals surface area contributed by atoms with Gasteiger partial charge in [-0.1, -0.05) is 37.1 Å². The van der Waals surface area contributed by atoms with E-state index >= 15 is 0 Å². The number of aliphatic hydroxyl groups excluding tert-OH is 3. The van der Waals surface area contributed by atoms with E-state index in [0.29, 0.717) is 25.7 Å². The molecule has 6 heteroatoms. The van der Waals surface area contributed by atoms with Crippen molar-refractivity contribution in [1.29, 1.82) is 0 Å². The van der Waals surface area contributed by atoms with Crippen LogP contribution < -0.4 is 0 Å². The predicted molar refractivity (Wildman–Crippen MR) is 98.6 cm³/mol. The molecule has 0 aromatic heterocycles. The molecule has 0 radical (unpaired) electrons. The van der Waals surface area contributed by atoms with Crippen LogP contribution in [0.2, 0.25) is 0 Å². The summed E-state index contributed by atoms with van der Waals surface area (Å²) in [7, 11) is 0. The Labute approximate surface area is 155 Å². The summed E-state index contributed by atoms with van der Waals surface area (Å²) in [5.74, 6) is -1.37. The maximum Gasteiger partial charge on any atom is 0.303 e. The zero-order chi connectivity index (χ0) is 19.4. The number of aliphatic carboxylic acids is 1. The Balaban J connectivity index is 2.45. The molecule has 0 aromatic carbocycles. The summed E-state index contributed by atoms with van der Waals surface area (Å²) in [5, 5.41) is 37.4. The van der Waals surface area contributed by atoms with Crippen LogP contribution in [0.4, 0.5) is 0 Å². The molecule has 0 heterocycles. The summed E-state index contributed by atoms with van der Waals surface area (Å²) in [6.07, 6.45) is 10.9. The van der Waals surface area contributed by atoms with Crippen molar-refractivity contribution < 1.29 is 30.0 Å². The molecule has 148 valence electrons. The third-order valence-electron chi connectivity index (χ3n) is 4.76. The molecule has 0 unspecified atom stereocenters. The number of aliphatic hydroxyl groups is 3. The molecule has 0 amide bonds. The fourth-order valence-corrected chi connectivity index (χ4v) is 3.25. The molecule has 4 atom stereocenters. The lowest BCUT2D eigenvalue weighted by Gasteiger charge is -2.16. The average molecular weight is 368 g/mol. The van der Waals surface area contributed by atoms with Crippen LogP contribution in [-0.2, 0) is 9.59 Å². The molecule has 1 saturated carbocycles. The number of unbranched alkanes of at least 4 members (excludes halogenated alkanes) is 3. The third kappa shape index (κ3) is 8.74. The van der Waals surface area contributed by atoms with E-state index in [9.17, 15) is 19.8 Å². The maximum absolute atomic E-state index is 12.1. The second-order valence-electron chi connectivity index (χ2n) is 6.94. The van der Waals surface area contributed by atoms with Gasteiger partial charge in [-0.05, 0) is 32.1 Å². The van der Waals surface area contributed by atoms with Crippen LogP contribution in [0.1, 0.15) is 57.8 Å². The lowest BCUT2D eigenvalue weighted by atomic mass is 9.90. The van der Waals surface area contributed by atoms with Gasteiger partial charge in [0.2, 0.25) is 0 Å². The van der Waals surface area contributed by atoms with Crippen molar-refractivity contribution in [3.8, 4) is 0 Å². The van der Waals surface area contributed by atoms with Crippen molar-refractivity contribution in [3.05, 3.63) is 24.3 Å². The quantitative estimate of drug-likeness (QED) is 0.293. The molecular weight excluding hydrogens is 336 g/mol. The number of ketones is 1. The number of rotatable bonds is 13. The van der Waals surface area contributed by atoms with Crippen molar-refractivity contribution in [2.75, 3.05) is 6.61 Å². The smallest absolute Gasteiger partial charge is 0.303 e. The van der Waals surface area contributed by atoms with Crippen molar-refractivity contribution in [1.82, 2.24) is 0 Å². The number of hydrogen-bond donors (Lipinski definition) is 4. The number of carbonyl (C=O) groups is 2. The minimum Gasteiger partial charge on any atom is -0.481 e. The van der Waals surface area contributed by atoms with Gasteiger partial charge in [0.05, 0.1) is 12.2 Å². The van der Waals surface area contributed by atoms with E-state index in [4.69, 9.17) is 10.2 Å². The minimum absolute atomic E-state index is 0.0276. The van der Waals surface area contributed by atoms with Crippen LogP contribution in [0.3, 0.4) is 0 Å². The monoisotopic (exact) mass is 368 g/mol.